The maximum Gasteiger partial charge on any atom is 0.202 e. The van der Waals surface area contributed by atoms with Gasteiger partial charge in [0.25, 0.3) is 0 Å². The van der Waals surface area contributed by atoms with Gasteiger partial charge in [-0.3, -0.25) is 10.9 Å². The Kier molecular flexibility index (Phi) is 3.73. The van der Waals surface area contributed by atoms with Crippen LogP contribution in [0.2, 0.25) is 0 Å². The fraction of sp³-hybridized carbons (Fsp3) is 0.118. The summed E-state index contributed by atoms with van der Waals surface area (Å²) in [5, 5.41) is 2.82. The van der Waals surface area contributed by atoms with Crippen LogP contribution in [0.1, 0.15) is 0 Å². The largest absolute Gasteiger partial charge is 0.486 e. The highest BCUT2D eigenvalue weighted by Gasteiger charge is 2.13. The van der Waals surface area contributed by atoms with Crippen molar-refractivity contribution < 1.29 is 9.47 Å². The van der Waals surface area contributed by atoms with Gasteiger partial charge in [-0.25, -0.2) is 4.98 Å². The number of hydrazine groups is 1. The number of benzene rings is 2. The van der Waals surface area contributed by atoms with Gasteiger partial charge in [0.15, 0.2) is 11.5 Å². The van der Waals surface area contributed by atoms with Crippen molar-refractivity contribution in [2.45, 2.75) is 0 Å². The SMILES string of the molecule is c1ccc(NNc2nc(-c3ccc4c(c3)OCCO4)cs2)cc1. The number of rotatable bonds is 4. The van der Waals surface area contributed by atoms with E-state index in [1.54, 1.807) is 11.3 Å². The molecular weight excluding hydrogens is 310 g/mol. The Balaban J connectivity index is 1.49. The zero-order chi connectivity index (χ0) is 15.5. The zero-order valence-corrected chi connectivity index (χ0v) is 13.1. The van der Waals surface area contributed by atoms with Crippen LogP contribution in [0.5, 0.6) is 11.5 Å². The third kappa shape index (κ3) is 3.07. The zero-order valence-electron chi connectivity index (χ0n) is 12.3. The number of ether oxygens (including phenoxy) is 2. The van der Waals surface area contributed by atoms with E-state index in [0.29, 0.717) is 13.2 Å². The Labute approximate surface area is 137 Å². The molecule has 0 amide bonds. The number of aromatic nitrogens is 1. The van der Waals surface area contributed by atoms with Gasteiger partial charge >= 0.3 is 0 Å². The molecule has 1 aliphatic rings. The highest BCUT2D eigenvalue weighted by atomic mass is 32.1. The molecule has 0 saturated heterocycles. The normalized spacial score (nSPS) is 12.7. The van der Waals surface area contributed by atoms with Gasteiger partial charge < -0.3 is 9.47 Å². The summed E-state index contributed by atoms with van der Waals surface area (Å²) in [6.45, 7) is 1.18. The summed E-state index contributed by atoms with van der Waals surface area (Å²) in [6.07, 6.45) is 0. The molecule has 4 rings (SSSR count). The topological polar surface area (TPSA) is 55.4 Å². The van der Waals surface area contributed by atoms with E-state index in [-0.39, 0.29) is 0 Å². The molecule has 3 aromatic rings. The van der Waals surface area contributed by atoms with Gasteiger partial charge in [0.1, 0.15) is 13.2 Å². The number of hydrogen-bond acceptors (Lipinski definition) is 6. The number of thiazole rings is 1. The summed E-state index contributed by atoms with van der Waals surface area (Å²) in [4.78, 5) is 4.59. The number of fused-ring (bicyclic) bond motifs is 1. The quantitative estimate of drug-likeness (QED) is 0.710. The second-order valence-corrected chi connectivity index (χ2v) is 5.87. The molecule has 0 fully saturated rings. The van der Waals surface area contributed by atoms with Crippen LogP contribution in [0.4, 0.5) is 10.8 Å². The first-order chi connectivity index (χ1) is 11.4. The van der Waals surface area contributed by atoms with E-state index in [9.17, 15) is 0 Å². The maximum absolute atomic E-state index is 5.62. The van der Waals surface area contributed by atoms with Gasteiger partial charge in [0, 0.05) is 10.9 Å². The lowest BCUT2D eigenvalue weighted by molar-refractivity contribution is 0.171. The van der Waals surface area contributed by atoms with Crippen LogP contribution in [0.25, 0.3) is 11.3 Å². The Morgan fingerprint density at radius 1 is 0.913 bits per heavy atom. The molecule has 2 aromatic carbocycles. The van der Waals surface area contributed by atoms with E-state index in [2.05, 4.69) is 15.8 Å². The Morgan fingerprint density at radius 3 is 2.61 bits per heavy atom. The van der Waals surface area contributed by atoms with Crippen LogP contribution < -0.4 is 20.3 Å². The summed E-state index contributed by atoms with van der Waals surface area (Å²) >= 11 is 1.54. The van der Waals surface area contributed by atoms with Crippen LogP contribution in [-0.4, -0.2) is 18.2 Å². The molecule has 0 unspecified atom stereocenters. The summed E-state index contributed by atoms with van der Waals surface area (Å²) in [6, 6.07) is 15.8. The van der Waals surface area contributed by atoms with Crippen molar-refractivity contribution in [1.29, 1.82) is 0 Å². The lowest BCUT2D eigenvalue weighted by Gasteiger charge is -2.18. The molecule has 0 saturated carbocycles. The lowest BCUT2D eigenvalue weighted by atomic mass is 10.1. The Hall–Kier alpha value is -2.73. The van der Waals surface area contributed by atoms with Crippen molar-refractivity contribution in [2.75, 3.05) is 24.1 Å². The van der Waals surface area contributed by atoms with Crippen LogP contribution in [0.3, 0.4) is 0 Å². The number of nitrogens with zero attached hydrogens (tertiary/aromatic N) is 1. The molecule has 2 N–H and O–H groups in total. The van der Waals surface area contributed by atoms with Crippen molar-refractivity contribution in [2.24, 2.45) is 0 Å². The van der Waals surface area contributed by atoms with E-state index < -0.39 is 0 Å². The molecule has 0 radical (unpaired) electrons. The van der Waals surface area contributed by atoms with Crippen molar-refractivity contribution in [3.8, 4) is 22.8 Å². The minimum atomic E-state index is 0.585. The molecule has 5 nitrogen and oxygen atoms in total. The standard InChI is InChI=1S/C17H15N3O2S/c1-2-4-13(5-3-1)19-20-17-18-14(11-23-17)12-6-7-15-16(10-12)22-9-8-21-15/h1-7,10-11,19H,8-9H2,(H,18,20). The first kappa shape index (κ1) is 13.9. The highest BCUT2D eigenvalue weighted by molar-refractivity contribution is 7.14. The van der Waals surface area contributed by atoms with E-state index in [4.69, 9.17) is 9.47 Å². The second-order valence-electron chi connectivity index (χ2n) is 5.01. The molecule has 0 aliphatic carbocycles. The minimum Gasteiger partial charge on any atom is -0.486 e. The highest BCUT2D eigenvalue weighted by Crippen LogP contribution is 2.35. The second kappa shape index (κ2) is 6.18. The number of para-hydroxylation sites is 1. The Morgan fingerprint density at radius 2 is 1.74 bits per heavy atom. The molecule has 6 heteroatoms. The first-order valence-corrected chi connectivity index (χ1v) is 8.19. The van der Waals surface area contributed by atoms with Crippen LogP contribution in [0, 0.1) is 0 Å². The Bertz CT molecular complexity index is 805. The molecule has 2 heterocycles. The average Bonchev–Trinajstić information content (AvgIpc) is 3.09. The monoisotopic (exact) mass is 325 g/mol. The summed E-state index contributed by atoms with van der Waals surface area (Å²) in [7, 11) is 0. The van der Waals surface area contributed by atoms with Crippen LogP contribution in [-0.2, 0) is 0 Å². The van der Waals surface area contributed by atoms with Crippen molar-refractivity contribution in [3.05, 3.63) is 53.9 Å². The molecular formula is C17H15N3O2S. The summed E-state index contributed by atoms with van der Waals surface area (Å²) < 4.78 is 11.2. The van der Waals surface area contributed by atoms with Gasteiger partial charge in [0.05, 0.1) is 11.4 Å². The number of nitrogens with one attached hydrogen (secondary N) is 2. The van der Waals surface area contributed by atoms with Gasteiger partial charge in [0.2, 0.25) is 5.13 Å². The van der Waals surface area contributed by atoms with E-state index in [1.807, 2.05) is 53.9 Å². The molecule has 1 aromatic heterocycles. The van der Waals surface area contributed by atoms with Crippen LogP contribution >= 0.6 is 11.3 Å². The van der Waals surface area contributed by atoms with Crippen LogP contribution in [0.15, 0.2) is 53.9 Å². The van der Waals surface area contributed by atoms with Gasteiger partial charge in [-0.15, -0.1) is 11.3 Å². The van der Waals surface area contributed by atoms with Gasteiger partial charge in [-0.1, -0.05) is 18.2 Å². The van der Waals surface area contributed by atoms with Crippen molar-refractivity contribution in [1.82, 2.24) is 4.98 Å². The molecule has 1 aliphatic heterocycles. The first-order valence-electron chi connectivity index (χ1n) is 7.31. The van der Waals surface area contributed by atoms with Gasteiger partial charge in [-0.05, 0) is 30.3 Å². The molecule has 0 bridgehead atoms. The third-order valence-corrected chi connectivity index (χ3v) is 4.19. The number of hydrogen-bond donors (Lipinski definition) is 2. The minimum absolute atomic E-state index is 0.585. The maximum atomic E-state index is 5.62. The lowest BCUT2D eigenvalue weighted by Crippen LogP contribution is -2.15. The molecule has 0 spiro atoms. The third-order valence-electron chi connectivity index (χ3n) is 3.43. The fourth-order valence-electron chi connectivity index (χ4n) is 2.31. The predicted octanol–water partition coefficient (Wildman–Crippen LogP) is 4.02. The summed E-state index contributed by atoms with van der Waals surface area (Å²) in [5.74, 6) is 1.57. The van der Waals surface area contributed by atoms with Crippen molar-refractivity contribution in [3.63, 3.8) is 0 Å². The molecule has 0 atom stereocenters. The molecule has 116 valence electrons. The summed E-state index contributed by atoms with van der Waals surface area (Å²) in [5.41, 5.74) is 9.15. The number of anilines is 2. The van der Waals surface area contributed by atoms with E-state index in [0.717, 1.165) is 33.6 Å². The van der Waals surface area contributed by atoms with E-state index in [1.165, 1.54) is 0 Å². The average molecular weight is 325 g/mol. The fourth-order valence-corrected chi connectivity index (χ4v) is 2.99. The smallest absolute Gasteiger partial charge is 0.202 e. The van der Waals surface area contributed by atoms with Crippen molar-refractivity contribution >= 4 is 22.2 Å². The van der Waals surface area contributed by atoms with E-state index >= 15 is 0 Å². The predicted molar refractivity (Wildman–Crippen MR) is 92.2 cm³/mol. The van der Waals surface area contributed by atoms with Gasteiger partial charge in [-0.2, -0.15) is 0 Å². The molecule has 23 heavy (non-hydrogen) atoms.